The first-order valence-electron chi connectivity index (χ1n) is 8.75. The van der Waals surface area contributed by atoms with Gasteiger partial charge in [-0.2, -0.15) is 5.10 Å². The van der Waals surface area contributed by atoms with E-state index in [1.165, 1.54) is 0 Å². The maximum absolute atomic E-state index is 12.3. The lowest BCUT2D eigenvalue weighted by Gasteiger charge is -2.15. The van der Waals surface area contributed by atoms with E-state index in [-0.39, 0.29) is 30.2 Å². The van der Waals surface area contributed by atoms with E-state index < -0.39 is 0 Å². The molecule has 138 valence electrons. The molecule has 3 rings (SSSR count). The van der Waals surface area contributed by atoms with Crippen LogP contribution < -0.4 is 11.1 Å². The van der Waals surface area contributed by atoms with Crippen molar-refractivity contribution in [1.29, 1.82) is 0 Å². The summed E-state index contributed by atoms with van der Waals surface area (Å²) in [6.07, 6.45) is 3.67. The molecular weight excluding hydrogens is 330 g/mol. The Hall–Kier alpha value is -2.67. The maximum atomic E-state index is 12.3. The van der Waals surface area contributed by atoms with Crippen LogP contribution in [0.4, 0.5) is 0 Å². The Morgan fingerprint density at radius 2 is 2.08 bits per heavy atom. The molecule has 1 aromatic carbocycles. The van der Waals surface area contributed by atoms with Crippen LogP contribution in [-0.2, 0) is 23.2 Å². The Kier molecular flexibility index (Phi) is 5.37. The second-order valence-corrected chi connectivity index (χ2v) is 6.96. The van der Waals surface area contributed by atoms with Gasteiger partial charge in [-0.15, -0.1) is 0 Å². The van der Waals surface area contributed by atoms with Gasteiger partial charge in [-0.05, 0) is 23.6 Å². The number of aryl methyl sites for hydroxylation is 2. The summed E-state index contributed by atoms with van der Waals surface area (Å²) in [5, 5.41) is 7.14. The lowest BCUT2D eigenvalue weighted by Crippen LogP contribution is -2.36. The Bertz CT molecular complexity index is 801. The van der Waals surface area contributed by atoms with Gasteiger partial charge in [-0.3, -0.25) is 19.2 Å². The van der Waals surface area contributed by atoms with Gasteiger partial charge >= 0.3 is 0 Å². The maximum Gasteiger partial charge on any atom is 0.234 e. The molecule has 2 aromatic rings. The van der Waals surface area contributed by atoms with Gasteiger partial charge in [0.25, 0.3) is 0 Å². The summed E-state index contributed by atoms with van der Waals surface area (Å²) in [6.45, 7) is 3.90. The van der Waals surface area contributed by atoms with E-state index in [2.05, 4.69) is 10.4 Å². The molecule has 0 bridgehead atoms. The van der Waals surface area contributed by atoms with E-state index in [0.29, 0.717) is 19.6 Å². The topological polar surface area (TPSA) is 93.2 Å². The molecule has 2 heterocycles. The van der Waals surface area contributed by atoms with Crippen molar-refractivity contribution in [2.45, 2.75) is 19.4 Å². The highest BCUT2D eigenvalue weighted by Gasteiger charge is 2.38. The van der Waals surface area contributed by atoms with Crippen molar-refractivity contribution in [3.8, 4) is 0 Å². The third-order valence-electron chi connectivity index (χ3n) is 5.02. The number of primary amides is 1. The normalized spacial score (nSPS) is 20.2. The number of carbonyl (C=O) groups is 2. The third-order valence-corrected chi connectivity index (χ3v) is 5.02. The molecule has 7 heteroatoms. The number of benzene rings is 1. The minimum Gasteiger partial charge on any atom is -0.369 e. The van der Waals surface area contributed by atoms with Gasteiger partial charge in [0, 0.05) is 38.8 Å². The number of rotatable bonds is 6. The highest BCUT2D eigenvalue weighted by atomic mass is 16.2. The van der Waals surface area contributed by atoms with Crippen molar-refractivity contribution in [3.05, 3.63) is 53.3 Å². The molecule has 1 saturated heterocycles. The molecule has 0 spiro atoms. The fourth-order valence-electron chi connectivity index (χ4n) is 3.53. The lowest BCUT2D eigenvalue weighted by atomic mass is 9.90. The largest absolute Gasteiger partial charge is 0.369 e. The molecular formula is C19H25N5O2. The molecule has 1 aliphatic rings. The van der Waals surface area contributed by atoms with Crippen molar-refractivity contribution in [2.75, 3.05) is 19.6 Å². The number of nitrogens with two attached hydrogens (primary N) is 1. The van der Waals surface area contributed by atoms with Crippen LogP contribution in [0.1, 0.15) is 22.6 Å². The highest BCUT2D eigenvalue weighted by Crippen LogP contribution is 2.32. The summed E-state index contributed by atoms with van der Waals surface area (Å²) in [4.78, 5) is 26.1. The molecule has 2 atom stereocenters. The predicted octanol–water partition coefficient (Wildman–Crippen LogP) is 0.546. The molecule has 0 radical (unpaired) electrons. The second-order valence-electron chi connectivity index (χ2n) is 6.96. The smallest absolute Gasteiger partial charge is 0.234 e. The quantitative estimate of drug-likeness (QED) is 0.791. The molecule has 1 aromatic heterocycles. The van der Waals surface area contributed by atoms with Gasteiger partial charge in [0.1, 0.15) is 0 Å². The Morgan fingerprint density at radius 3 is 2.73 bits per heavy atom. The zero-order valence-electron chi connectivity index (χ0n) is 15.2. The second kappa shape index (κ2) is 7.70. The van der Waals surface area contributed by atoms with Gasteiger partial charge in [0.15, 0.2) is 0 Å². The number of hydrogen-bond acceptors (Lipinski definition) is 4. The first kappa shape index (κ1) is 18.1. The SMILES string of the molecule is Cc1ccccc1CNC(=O)CN1C[C@H](C(N)=O)[C@@H](c2cnn(C)c2)C1. The van der Waals surface area contributed by atoms with Crippen molar-refractivity contribution in [1.82, 2.24) is 20.0 Å². The molecule has 3 N–H and O–H groups in total. The fourth-order valence-corrected chi connectivity index (χ4v) is 3.53. The Balaban J connectivity index is 1.58. The highest BCUT2D eigenvalue weighted by molar-refractivity contribution is 5.80. The van der Waals surface area contributed by atoms with E-state index in [0.717, 1.165) is 16.7 Å². The van der Waals surface area contributed by atoms with E-state index in [4.69, 9.17) is 5.73 Å². The fraction of sp³-hybridized carbons (Fsp3) is 0.421. The van der Waals surface area contributed by atoms with Crippen LogP contribution in [0.25, 0.3) is 0 Å². The minimum atomic E-state index is -0.332. The van der Waals surface area contributed by atoms with E-state index in [9.17, 15) is 9.59 Å². The van der Waals surface area contributed by atoms with E-state index >= 15 is 0 Å². The summed E-state index contributed by atoms with van der Waals surface area (Å²) in [6, 6.07) is 7.98. The van der Waals surface area contributed by atoms with Crippen LogP contribution >= 0.6 is 0 Å². The molecule has 7 nitrogen and oxygen atoms in total. The van der Waals surface area contributed by atoms with Crippen LogP contribution in [0.5, 0.6) is 0 Å². The molecule has 0 unspecified atom stereocenters. The number of nitrogens with one attached hydrogen (secondary N) is 1. The van der Waals surface area contributed by atoms with Gasteiger partial charge in [-0.25, -0.2) is 0 Å². The van der Waals surface area contributed by atoms with Crippen molar-refractivity contribution in [3.63, 3.8) is 0 Å². The number of nitrogens with zero attached hydrogens (tertiary/aromatic N) is 3. The summed E-state index contributed by atoms with van der Waals surface area (Å²) in [5.74, 6) is -0.710. The number of likely N-dealkylation sites (tertiary alicyclic amines) is 1. The summed E-state index contributed by atoms with van der Waals surface area (Å²) < 4.78 is 1.71. The molecule has 2 amide bonds. The molecule has 1 fully saturated rings. The van der Waals surface area contributed by atoms with Crippen molar-refractivity contribution < 1.29 is 9.59 Å². The summed E-state index contributed by atoms with van der Waals surface area (Å²) in [5.41, 5.74) is 8.82. The Labute approximate surface area is 153 Å². The first-order chi connectivity index (χ1) is 12.4. The number of aromatic nitrogens is 2. The number of carbonyl (C=O) groups excluding carboxylic acids is 2. The van der Waals surface area contributed by atoms with E-state index in [1.54, 1.807) is 10.9 Å². The standard InChI is InChI=1S/C19H25N5O2/c1-13-5-3-4-6-14(13)7-21-18(25)12-24-10-16(17(11-24)19(20)26)15-8-22-23(2)9-15/h3-6,8-9,16-17H,7,10-12H2,1-2H3,(H2,20,26)(H,21,25)/t16-,17+/m1/s1. The third kappa shape index (κ3) is 4.11. The molecule has 0 saturated carbocycles. The first-order valence-corrected chi connectivity index (χ1v) is 8.75. The zero-order valence-corrected chi connectivity index (χ0v) is 15.2. The predicted molar refractivity (Wildman–Crippen MR) is 98.1 cm³/mol. The lowest BCUT2D eigenvalue weighted by molar-refractivity contribution is -0.124. The number of amides is 2. The average molecular weight is 355 g/mol. The van der Waals surface area contributed by atoms with Crippen LogP contribution in [0.15, 0.2) is 36.7 Å². The van der Waals surface area contributed by atoms with Crippen LogP contribution in [0.3, 0.4) is 0 Å². The number of hydrogen-bond donors (Lipinski definition) is 2. The Morgan fingerprint density at radius 1 is 1.31 bits per heavy atom. The van der Waals surface area contributed by atoms with Crippen LogP contribution in [0.2, 0.25) is 0 Å². The van der Waals surface area contributed by atoms with Gasteiger partial charge < -0.3 is 11.1 Å². The van der Waals surface area contributed by atoms with Gasteiger partial charge in [-0.1, -0.05) is 24.3 Å². The minimum absolute atomic E-state index is 0.0228. The molecule has 1 aliphatic heterocycles. The summed E-state index contributed by atoms with van der Waals surface area (Å²) in [7, 11) is 1.84. The van der Waals surface area contributed by atoms with Gasteiger partial charge in [0.2, 0.25) is 11.8 Å². The van der Waals surface area contributed by atoms with Gasteiger partial charge in [0.05, 0.1) is 18.7 Å². The monoisotopic (exact) mass is 355 g/mol. The van der Waals surface area contributed by atoms with Crippen molar-refractivity contribution >= 4 is 11.8 Å². The summed E-state index contributed by atoms with van der Waals surface area (Å²) >= 11 is 0. The van der Waals surface area contributed by atoms with Crippen LogP contribution in [0, 0.1) is 12.8 Å². The molecule has 0 aliphatic carbocycles. The van der Waals surface area contributed by atoms with Crippen molar-refractivity contribution in [2.24, 2.45) is 18.7 Å². The average Bonchev–Trinajstić information content (AvgIpc) is 3.20. The van der Waals surface area contributed by atoms with Crippen LogP contribution in [-0.4, -0.2) is 46.1 Å². The zero-order chi connectivity index (χ0) is 18.7. The molecule has 26 heavy (non-hydrogen) atoms. The van der Waals surface area contributed by atoms with E-state index in [1.807, 2.05) is 49.3 Å².